The molecule has 2 heterocycles. The van der Waals surface area contributed by atoms with Crippen molar-refractivity contribution >= 4 is 23.0 Å². The number of benzene rings is 1. The van der Waals surface area contributed by atoms with Gasteiger partial charge in [-0.05, 0) is 17.7 Å². The predicted octanol–water partition coefficient (Wildman–Crippen LogP) is 3.47. The minimum atomic E-state index is -0.425. The molecule has 0 saturated carbocycles. The van der Waals surface area contributed by atoms with Crippen molar-refractivity contribution in [1.82, 2.24) is 9.99 Å². The van der Waals surface area contributed by atoms with Crippen molar-refractivity contribution in [2.45, 2.75) is 33.2 Å². The largest absolute Gasteiger partial charge is 0.361 e. The summed E-state index contributed by atoms with van der Waals surface area (Å²) in [4.78, 5) is 15.7. The lowest BCUT2D eigenvalue weighted by atomic mass is 9.93. The topological polar surface area (TPSA) is 48.5 Å². The van der Waals surface area contributed by atoms with Gasteiger partial charge in [0.1, 0.15) is 0 Å². The van der Waals surface area contributed by atoms with E-state index in [0.29, 0.717) is 0 Å². The first-order valence-electron chi connectivity index (χ1n) is 6.90. The number of nitrogens with one attached hydrogen (secondary N) is 1. The summed E-state index contributed by atoms with van der Waals surface area (Å²) >= 11 is 0. The van der Waals surface area contributed by atoms with Gasteiger partial charge in [0, 0.05) is 35.2 Å². The molecule has 1 aliphatic heterocycles. The van der Waals surface area contributed by atoms with Crippen molar-refractivity contribution in [3.05, 3.63) is 36.0 Å². The average Bonchev–Trinajstić information content (AvgIpc) is 3.04. The van der Waals surface area contributed by atoms with E-state index in [-0.39, 0.29) is 11.9 Å². The van der Waals surface area contributed by atoms with E-state index in [9.17, 15) is 4.79 Å². The lowest BCUT2D eigenvalue weighted by Gasteiger charge is -2.28. The Labute approximate surface area is 118 Å². The zero-order chi connectivity index (χ0) is 14.3. The first-order valence-corrected chi connectivity index (χ1v) is 6.90. The van der Waals surface area contributed by atoms with Crippen molar-refractivity contribution in [1.29, 1.82) is 0 Å². The van der Waals surface area contributed by atoms with E-state index >= 15 is 0 Å². The normalized spacial score (nSPS) is 18.9. The highest BCUT2D eigenvalue weighted by Crippen LogP contribution is 2.35. The molecule has 20 heavy (non-hydrogen) atoms. The van der Waals surface area contributed by atoms with Crippen molar-refractivity contribution < 1.29 is 4.79 Å². The van der Waals surface area contributed by atoms with Crippen LogP contribution in [0.2, 0.25) is 0 Å². The summed E-state index contributed by atoms with van der Waals surface area (Å²) in [5.41, 5.74) is 1.82. The summed E-state index contributed by atoms with van der Waals surface area (Å²) in [7, 11) is 0. The van der Waals surface area contributed by atoms with Gasteiger partial charge < -0.3 is 4.98 Å². The number of aromatic nitrogens is 1. The highest BCUT2D eigenvalue weighted by Gasteiger charge is 2.35. The fourth-order valence-corrected chi connectivity index (χ4v) is 2.61. The van der Waals surface area contributed by atoms with Crippen molar-refractivity contribution in [3.63, 3.8) is 0 Å². The Hall–Kier alpha value is -2.10. The Morgan fingerprint density at radius 1 is 1.35 bits per heavy atom. The smallest absolute Gasteiger partial charge is 0.248 e. The lowest BCUT2D eigenvalue weighted by molar-refractivity contribution is -0.141. The zero-order valence-corrected chi connectivity index (χ0v) is 12.1. The van der Waals surface area contributed by atoms with Crippen LogP contribution in [0.3, 0.4) is 0 Å². The summed E-state index contributed by atoms with van der Waals surface area (Å²) in [5.74, 6) is 0.0591. The number of H-pyrrole nitrogens is 1. The highest BCUT2D eigenvalue weighted by atomic mass is 16.2. The maximum Gasteiger partial charge on any atom is 0.248 e. The molecule has 4 nitrogen and oxygen atoms in total. The third kappa shape index (κ3) is 2.01. The maximum absolute atomic E-state index is 12.5. The van der Waals surface area contributed by atoms with Crippen molar-refractivity contribution in [2.75, 3.05) is 0 Å². The fraction of sp³-hybridized carbons (Fsp3) is 0.375. The number of hydrogen-bond acceptors (Lipinski definition) is 2. The molecule has 1 unspecified atom stereocenters. The molecule has 1 aromatic heterocycles. The lowest BCUT2D eigenvalue weighted by Crippen LogP contribution is -2.36. The molecule has 0 aliphatic carbocycles. The van der Waals surface area contributed by atoms with Crippen LogP contribution < -0.4 is 0 Å². The Balaban J connectivity index is 2.02. The Kier molecular flexibility index (Phi) is 2.89. The number of fused-ring (bicyclic) bond motifs is 1. The summed E-state index contributed by atoms with van der Waals surface area (Å²) in [6.45, 7) is 5.78. The van der Waals surface area contributed by atoms with Crippen LogP contribution in [0.15, 0.2) is 35.6 Å². The predicted molar refractivity (Wildman–Crippen MR) is 80.4 cm³/mol. The molecule has 0 saturated heterocycles. The molecule has 0 bridgehead atoms. The molecule has 0 fully saturated rings. The second kappa shape index (κ2) is 4.47. The molecular weight excluding hydrogens is 250 g/mol. The summed E-state index contributed by atoms with van der Waals surface area (Å²) in [6.07, 6.45) is 4.53. The minimum Gasteiger partial charge on any atom is -0.361 e. The maximum atomic E-state index is 12.5. The number of hydrazone groups is 1. The molecule has 1 aliphatic rings. The van der Waals surface area contributed by atoms with Gasteiger partial charge >= 0.3 is 0 Å². The molecule has 0 spiro atoms. The molecule has 4 heteroatoms. The van der Waals surface area contributed by atoms with E-state index in [1.54, 1.807) is 5.01 Å². The quantitative estimate of drug-likeness (QED) is 0.846. The van der Waals surface area contributed by atoms with Crippen LogP contribution in [0.5, 0.6) is 0 Å². The van der Waals surface area contributed by atoms with Gasteiger partial charge in [0.2, 0.25) is 5.91 Å². The Morgan fingerprint density at radius 3 is 2.90 bits per heavy atom. The third-order valence-electron chi connectivity index (χ3n) is 3.67. The average molecular weight is 269 g/mol. The van der Waals surface area contributed by atoms with Crippen molar-refractivity contribution in [2.24, 2.45) is 10.5 Å². The summed E-state index contributed by atoms with van der Waals surface area (Å²) < 4.78 is 0. The van der Waals surface area contributed by atoms with Gasteiger partial charge in [-0.15, -0.1) is 0 Å². The van der Waals surface area contributed by atoms with Crippen LogP contribution in [-0.4, -0.2) is 22.1 Å². The monoisotopic (exact) mass is 269 g/mol. The van der Waals surface area contributed by atoms with E-state index in [1.807, 2.05) is 45.3 Å². The number of amides is 1. The second-order valence-corrected chi connectivity index (χ2v) is 6.24. The van der Waals surface area contributed by atoms with Crippen LogP contribution in [0.4, 0.5) is 0 Å². The van der Waals surface area contributed by atoms with Gasteiger partial charge in [0.05, 0.1) is 6.04 Å². The third-order valence-corrected chi connectivity index (χ3v) is 3.67. The van der Waals surface area contributed by atoms with Crippen LogP contribution in [-0.2, 0) is 4.79 Å². The number of aromatic amines is 1. The Morgan fingerprint density at radius 2 is 2.15 bits per heavy atom. The van der Waals surface area contributed by atoms with E-state index in [1.165, 1.54) is 0 Å². The summed E-state index contributed by atoms with van der Waals surface area (Å²) in [6, 6.07) is 8.21. The first kappa shape index (κ1) is 12.9. The van der Waals surface area contributed by atoms with Crippen LogP contribution >= 0.6 is 0 Å². The number of carbonyl (C=O) groups is 1. The summed E-state index contributed by atoms with van der Waals surface area (Å²) in [5, 5.41) is 7.10. The number of nitrogens with zero attached hydrogens (tertiary/aromatic N) is 2. The van der Waals surface area contributed by atoms with Gasteiger partial charge in [0.15, 0.2) is 0 Å². The number of rotatable bonds is 1. The molecule has 3 rings (SSSR count). The van der Waals surface area contributed by atoms with E-state index < -0.39 is 5.41 Å². The van der Waals surface area contributed by atoms with Gasteiger partial charge in [-0.3, -0.25) is 4.79 Å². The van der Waals surface area contributed by atoms with E-state index in [0.717, 1.165) is 22.9 Å². The van der Waals surface area contributed by atoms with Crippen molar-refractivity contribution in [3.8, 4) is 0 Å². The highest BCUT2D eigenvalue weighted by molar-refractivity contribution is 5.87. The van der Waals surface area contributed by atoms with Crippen LogP contribution in [0.1, 0.15) is 38.8 Å². The molecule has 1 aromatic carbocycles. The minimum absolute atomic E-state index is 0.00113. The Bertz CT molecular complexity index is 678. The molecule has 2 aromatic rings. The second-order valence-electron chi connectivity index (χ2n) is 6.24. The SMILES string of the molecule is CC(C)(C)C(=O)N1N=CCC1c1cccc2[nH]ccc12. The van der Waals surface area contributed by atoms with Gasteiger partial charge in [-0.1, -0.05) is 32.9 Å². The molecule has 104 valence electrons. The van der Waals surface area contributed by atoms with Gasteiger partial charge in [-0.25, -0.2) is 5.01 Å². The molecular formula is C16H19N3O. The molecule has 1 atom stereocenters. The molecule has 0 radical (unpaired) electrons. The van der Waals surface area contributed by atoms with Gasteiger partial charge in [-0.2, -0.15) is 5.10 Å². The number of hydrogen-bond donors (Lipinski definition) is 1. The zero-order valence-electron chi connectivity index (χ0n) is 12.1. The molecule has 1 amide bonds. The van der Waals surface area contributed by atoms with E-state index in [2.05, 4.69) is 22.2 Å². The standard InChI is InChI=1S/C16H19N3O/c1-16(2,3)15(20)19-14(8-10-18-19)12-5-4-6-13-11(12)7-9-17-13/h4-7,9-10,14,17H,8H2,1-3H3. The number of carbonyl (C=O) groups excluding carboxylic acids is 1. The fourth-order valence-electron chi connectivity index (χ4n) is 2.61. The van der Waals surface area contributed by atoms with E-state index in [4.69, 9.17) is 0 Å². The molecule has 1 N–H and O–H groups in total. The first-order chi connectivity index (χ1) is 9.48. The van der Waals surface area contributed by atoms with Crippen LogP contribution in [0, 0.1) is 5.41 Å². The van der Waals surface area contributed by atoms with Crippen LogP contribution in [0.25, 0.3) is 10.9 Å². The van der Waals surface area contributed by atoms with Gasteiger partial charge in [0.25, 0.3) is 0 Å².